The zero-order valence-corrected chi connectivity index (χ0v) is 12.3. The van der Waals surface area contributed by atoms with Crippen LogP contribution in [0.25, 0.3) is 0 Å². The molecule has 0 radical (unpaired) electrons. The molecular weight excluding hydrogens is 300 g/mol. The Labute approximate surface area is 128 Å². The molecule has 2 rings (SSSR count). The van der Waals surface area contributed by atoms with Crippen LogP contribution in [0.15, 0.2) is 12.3 Å². The van der Waals surface area contributed by atoms with Crippen molar-refractivity contribution in [3.8, 4) is 0 Å². The smallest absolute Gasteiger partial charge is 0.358 e. The van der Waals surface area contributed by atoms with Gasteiger partial charge in [0.15, 0.2) is 0 Å². The molecule has 2 N–H and O–H groups in total. The van der Waals surface area contributed by atoms with E-state index in [-0.39, 0.29) is 30.7 Å². The van der Waals surface area contributed by atoms with Gasteiger partial charge in [0.1, 0.15) is 6.54 Å². The Morgan fingerprint density at radius 2 is 2.19 bits per heavy atom. The maximum Gasteiger partial charge on any atom is 0.389 e. The maximum atomic E-state index is 11.7. The quantitative estimate of drug-likeness (QED) is 0.527. The number of piperazine rings is 1. The molecule has 0 unspecified atom stereocenters. The molecule has 0 aliphatic carbocycles. The van der Waals surface area contributed by atoms with Crippen molar-refractivity contribution in [2.24, 2.45) is 0 Å². The van der Waals surface area contributed by atoms with Crippen LogP contribution in [-0.2, 0) is 11.3 Å². The summed E-state index contributed by atoms with van der Waals surface area (Å²) >= 11 is 0. The maximum absolute atomic E-state index is 11.7. The Kier molecular flexibility index (Phi) is 7.06. The number of hydrogen-bond donors (Lipinski definition) is 2. The van der Waals surface area contributed by atoms with Crippen LogP contribution in [0.1, 0.15) is 0 Å². The van der Waals surface area contributed by atoms with Crippen molar-refractivity contribution in [2.75, 3.05) is 39.3 Å². The fourth-order valence-electron chi connectivity index (χ4n) is 2.03. The molecule has 1 amide bonds. The lowest BCUT2D eigenvalue weighted by atomic mass is 10.3. The highest BCUT2D eigenvalue weighted by Gasteiger charge is 2.13. The lowest BCUT2D eigenvalue weighted by Gasteiger charge is -2.27. The van der Waals surface area contributed by atoms with Crippen LogP contribution in [-0.4, -0.2) is 64.8 Å². The molecule has 1 aliphatic rings. The first-order valence-corrected chi connectivity index (χ1v) is 6.53. The molecule has 9 nitrogen and oxygen atoms in total. The molecule has 21 heavy (non-hydrogen) atoms. The molecule has 10 heteroatoms. The molecule has 0 saturated carbocycles. The number of halogens is 1. The number of nitrogens with one attached hydrogen (secondary N) is 2. The van der Waals surface area contributed by atoms with Gasteiger partial charge in [-0.2, -0.15) is 4.68 Å². The van der Waals surface area contributed by atoms with Crippen molar-refractivity contribution in [1.29, 1.82) is 0 Å². The minimum atomic E-state index is -0.585. The number of hydrogen-bond acceptors (Lipinski definition) is 6. The molecule has 118 valence electrons. The van der Waals surface area contributed by atoms with Crippen LogP contribution in [0.3, 0.4) is 0 Å². The molecule has 2 heterocycles. The molecule has 1 fully saturated rings. The van der Waals surface area contributed by atoms with E-state index in [4.69, 9.17) is 0 Å². The molecule has 0 spiro atoms. The molecule has 0 atom stereocenters. The second-order valence-corrected chi connectivity index (χ2v) is 4.57. The third-order valence-electron chi connectivity index (χ3n) is 3.08. The van der Waals surface area contributed by atoms with Gasteiger partial charge in [-0.1, -0.05) is 0 Å². The third-order valence-corrected chi connectivity index (χ3v) is 3.08. The standard InChI is InChI=1S/C11H18N6O3.ClH/c18-11(9-16-5-1-10(14-16)17(19)20)13-4-8-15-6-2-12-3-7-15;/h1,5,12H,2-4,6-9H2,(H,13,18);1H. The Balaban J connectivity index is 0.00000220. The summed E-state index contributed by atoms with van der Waals surface area (Å²) in [5.74, 6) is -0.447. The Hall–Kier alpha value is -1.71. The van der Waals surface area contributed by atoms with Crippen LogP contribution < -0.4 is 10.6 Å². The monoisotopic (exact) mass is 318 g/mol. The second-order valence-electron chi connectivity index (χ2n) is 4.57. The molecule has 1 aromatic rings. The van der Waals surface area contributed by atoms with Gasteiger partial charge in [-0.15, -0.1) is 12.4 Å². The summed E-state index contributed by atoms with van der Waals surface area (Å²) in [7, 11) is 0. The molecule has 1 aliphatic heterocycles. The molecule has 0 bridgehead atoms. The van der Waals surface area contributed by atoms with E-state index in [0.29, 0.717) is 6.54 Å². The van der Waals surface area contributed by atoms with E-state index in [2.05, 4.69) is 20.6 Å². The number of rotatable bonds is 6. The number of nitrogens with zero attached hydrogens (tertiary/aromatic N) is 4. The Morgan fingerprint density at radius 3 is 2.81 bits per heavy atom. The van der Waals surface area contributed by atoms with Crippen molar-refractivity contribution in [3.05, 3.63) is 22.4 Å². The first-order valence-electron chi connectivity index (χ1n) is 6.53. The van der Waals surface area contributed by atoms with Crippen molar-refractivity contribution >= 4 is 24.1 Å². The van der Waals surface area contributed by atoms with Gasteiger partial charge in [-0.05, 0) is 4.92 Å². The van der Waals surface area contributed by atoms with Gasteiger partial charge in [-0.3, -0.25) is 9.69 Å². The van der Waals surface area contributed by atoms with E-state index in [1.165, 1.54) is 16.9 Å². The van der Waals surface area contributed by atoms with Gasteiger partial charge in [0.05, 0.1) is 17.4 Å². The summed E-state index contributed by atoms with van der Waals surface area (Å²) in [5.41, 5.74) is 0. The van der Waals surface area contributed by atoms with Crippen LogP contribution in [0, 0.1) is 10.1 Å². The topological polar surface area (TPSA) is 105 Å². The normalized spacial score (nSPS) is 15.2. The number of aromatic nitrogens is 2. The lowest BCUT2D eigenvalue weighted by Crippen LogP contribution is -2.46. The first kappa shape index (κ1) is 17.3. The average molecular weight is 319 g/mol. The van der Waals surface area contributed by atoms with Gasteiger partial charge < -0.3 is 20.7 Å². The van der Waals surface area contributed by atoms with E-state index in [1.54, 1.807) is 0 Å². The fraction of sp³-hybridized carbons (Fsp3) is 0.636. The van der Waals surface area contributed by atoms with Crippen molar-refractivity contribution in [1.82, 2.24) is 25.3 Å². The number of nitro groups is 1. The zero-order chi connectivity index (χ0) is 14.4. The highest BCUT2D eigenvalue weighted by atomic mass is 35.5. The summed E-state index contributed by atoms with van der Waals surface area (Å²) in [6.07, 6.45) is 1.42. The van der Waals surface area contributed by atoms with E-state index in [1.807, 2.05) is 0 Å². The van der Waals surface area contributed by atoms with Crippen LogP contribution >= 0.6 is 12.4 Å². The minimum absolute atomic E-state index is 0. The van der Waals surface area contributed by atoms with E-state index >= 15 is 0 Å². The number of carbonyl (C=O) groups excluding carboxylic acids is 1. The van der Waals surface area contributed by atoms with E-state index < -0.39 is 4.92 Å². The largest absolute Gasteiger partial charge is 0.389 e. The van der Waals surface area contributed by atoms with Crippen molar-refractivity contribution in [2.45, 2.75) is 6.54 Å². The first-order chi connectivity index (χ1) is 9.65. The minimum Gasteiger partial charge on any atom is -0.358 e. The molecule has 1 saturated heterocycles. The summed E-state index contributed by atoms with van der Waals surface area (Å²) in [5, 5.41) is 20.2. The zero-order valence-electron chi connectivity index (χ0n) is 11.5. The van der Waals surface area contributed by atoms with Crippen molar-refractivity contribution < 1.29 is 9.72 Å². The third kappa shape index (κ3) is 5.66. The predicted octanol–water partition coefficient (Wildman–Crippen LogP) is -0.765. The highest BCUT2D eigenvalue weighted by Crippen LogP contribution is 2.04. The summed E-state index contributed by atoms with van der Waals surface area (Å²) in [6.45, 7) is 5.31. The van der Waals surface area contributed by atoms with Crippen LogP contribution in [0.5, 0.6) is 0 Å². The second kappa shape index (κ2) is 8.55. The van der Waals surface area contributed by atoms with Crippen molar-refractivity contribution in [3.63, 3.8) is 0 Å². The lowest BCUT2D eigenvalue weighted by molar-refractivity contribution is -0.389. The SMILES string of the molecule is Cl.O=C(Cn1ccc([N+](=O)[O-])n1)NCCN1CCNCC1. The molecular formula is C11H19ClN6O3. The highest BCUT2D eigenvalue weighted by molar-refractivity contribution is 5.85. The van der Waals surface area contributed by atoms with Crippen LogP contribution in [0.4, 0.5) is 5.82 Å². The van der Waals surface area contributed by atoms with Gasteiger partial charge in [-0.25, -0.2) is 0 Å². The average Bonchev–Trinajstić information content (AvgIpc) is 2.88. The summed E-state index contributed by atoms with van der Waals surface area (Å²) in [6, 6.07) is 1.27. The van der Waals surface area contributed by atoms with E-state index in [0.717, 1.165) is 32.7 Å². The summed E-state index contributed by atoms with van der Waals surface area (Å²) < 4.78 is 1.26. The van der Waals surface area contributed by atoms with Gasteiger partial charge in [0.25, 0.3) is 0 Å². The van der Waals surface area contributed by atoms with Gasteiger partial charge >= 0.3 is 5.82 Å². The Morgan fingerprint density at radius 1 is 1.48 bits per heavy atom. The number of amides is 1. The molecule has 0 aromatic carbocycles. The molecule has 1 aromatic heterocycles. The Bertz CT molecular complexity index is 474. The summed E-state index contributed by atoms with van der Waals surface area (Å²) in [4.78, 5) is 23.8. The van der Waals surface area contributed by atoms with E-state index in [9.17, 15) is 14.9 Å². The fourth-order valence-corrected chi connectivity index (χ4v) is 2.03. The van der Waals surface area contributed by atoms with Gasteiger partial charge in [0.2, 0.25) is 5.91 Å². The number of carbonyl (C=O) groups is 1. The predicted molar refractivity (Wildman–Crippen MR) is 78.4 cm³/mol. The van der Waals surface area contributed by atoms with Crippen LogP contribution in [0.2, 0.25) is 0 Å². The van der Waals surface area contributed by atoms with Gasteiger partial charge in [0, 0.05) is 39.3 Å².